The van der Waals surface area contributed by atoms with E-state index in [4.69, 9.17) is 81.7 Å². The van der Waals surface area contributed by atoms with Crippen molar-refractivity contribution in [1.82, 2.24) is 0 Å². The molecule has 0 aromatic rings. The van der Waals surface area contributed by atoms with E-state index in [1.807, 2.05) is 0 Å². The van der Waals surface area contributed by atoms with Crippen LogP contribution in [0.15, 0.2) is 0 Å². The third kappa shape index (κ3) is 31.5. The van der Waals surface area contributed by atoms with Crippen molar-refractivity contribution in [3.05, 3.63) is 0 Å². The van der Waals surface area contributed by atoms with Gasteiger partial charge in [0.25, 0.3) is 0 Å². The van der Waals surface area contributed by atoms with Gasteiger partial charge in [-0.25, -0.2) is 19.2 Å². The summed E-state index contributed by atoms with van der Waals surface area (Å²) >= 11 is 0. The van der Waals surface area contributed by atoms with Crippen molar-refractivity contribution in [2.45, 2.75) is 73.8 Å². The molecule has 0 aliphatic carbocycles. The van der Waals surface area contributed by atoms with Crippen LogP contribution in [0.2, 0.25) is 0 Å². The second kappa shape index (κ2) is 28.8. The fourth-order valence-corrected chi connectivity index (χ4v) is 2.86. The zero-order valence-corrected chi connectivity index (χ0v) is 35.0. The monoisotopic (exact) mass is 1330 g/mol. The number of carboxylic acids is 12. The molecule has 0 saturated carbocycles. The molecule has 0 bridgehead atoms. The summed E-state index contributed by atoms with van der Waals surface area (Å²) in [4.78, 5) is 122. The predicted octanol–water partition coefficient (Wildman–Crippen LogP) is -5.00. The Balaban J connectivity index is -0.000000110. The predicted molar refractivity (Wildman–Crippen MR) is 148 cm³/mol. The first-order valence-corrected chi connectivity index (χ1v) is 12.7. The number of carboxylic acid groups (broad SMARTS) is 12. The molecule has 0 rings (SSSR count). The maximum absolute atomic E-state index is 10.3. The van der Waals surface area contributed by atoms with E-state index >= 15 is 0 Å². The van der Waals surface area contributed by atoms with Crippen LogP contribution >= 0.6 is 0 Å². The van der Waals surface area contributed by atoms with Gasteiger partial charge in [0.1, 0.15) is 0 Å². The Hall–Kier alpha value is -4.53. The van der Waals surface area contributed by atoms with Crippen molar-refractivity contribution in [2.24, 2.45) is 0 Å². The van der Waals surface area contributed by atoms with Crippen molar-refractivity contribution in [3.8, 4) is 0 Å². The summed E-state index contributed by atoms with van der Waals surface area (Å²) in [6, 6.07) is 0. The van der Waals surface area contributed by atoms with E-state index in [2.05, 4.69) is 0 Å². The van der Waals surface area contributed by atoms with E-state index in [0.717, 1.165) is 0 Å². The second-order valence-corrected chi connectivity index (χ2v) is 9.91. The van der Waals surface area contributed by atoms with Gasteiger partial charge in [0.05, 0.1) is 51.4 Å². The summed E-state index contributed by atoms with van der Waals surface area (Å²) in [5.74, 6) is -20.1. The van der Waals surface area contributed by atoms with Crippen molar-refractivity contribution < 1.29 is 201 Å². The molecule has 0 aromatic carbocycles. The number of hydrogen-bond donors (Lipinski definition) is 16. The number of aliphatic hydroxyl groups is 4. The first kappa shape index (κ1) is 65.4. The van der Waals surface area contributed by atoms with Crippen molar-refractivity contribution in [2.75, 3.05) is 0 Å². The average molecular weight is 1330 g/mol. The summed E-state index contributed by atoms with van der Waals surface area (Å²) in [5, 5.41) is 135. The van der Waals surface area contributed by atoms with E-state index < -0.39 is 145 Å². The molecular formula is C24H32O28Re3. The summed E-state index contributed by atoms with van der Waals surface area (Å²) in [5.41, 5.74) is -11.0. The molecule has 55 heavy (non-hydrogen) atoms. The molecule has 28 nitrogen and oxygen atoms in total. The standard InChI is InChI=1S/4C6H8O7.3Re/c4*7-3(8)1-6(13,5(11)12)2-4(9)10;;;/h4*13H,1-2H2,(H,7,8)(H,9,10)(H,11,12);;;. The van der Waals surface area contributed by atoms with Gasteiger partial charge in [-0.15, -0.1) is 0 Å². The van der Waals surface area contributed by atoms with Crippen LogP contribution in [0.3, 0.4) is 0 Å². The normalized spacial score (nSPS) is 10.3. The van der Waals surface area contributed by atoms with Gasteiger partial charge in [-0.2, -0.15) is 0 Å². The molecule has 0 aliphatic rings. The molecule has 0 saturated heterocycles. The SMILES string of the molecule is O=C(O)CC(O)(CC(=O)O)C(=O)O.O=C(O)CC(O)(CC(=O)O)C(=O)O.O=C(O)CC(O)(CC(=O)O)C(=O)O.O=C(O)CC(O)(CC(=O)O)C(=O)O.[Re].[Re].[Re]. The van der Waals surface area contributed by atoms with Gasteiger partial charge in [-0.05, 0) is 0 Å². The number of aliphatic carboxylic acids is 12. The molecule has 0 amide bonds. The Kier molecular flexibility index (Phi) is 34.3. The molecule has 31 heteroatoms. The van der Waals surface area contributed by atoms with Crippen LogP contribution in [0, 0.1) is 0 Å². The van der Waals surface area contributed by atoms with E-state index in [1.54, 1.807) is 0 Å². The minimum atomic E-state index is -2.74. The summed E-state index contributed by atoms with van der Waals surface area (Å²) in [6.45, 7) is 0. The maximum atomic E-state index is 10.3. The second-order valence-electron chi connectivity index (χ2n) is 9.91. The van der Waals surface area contributed by atoms with Crippen LogP contribution in [-0.2, 0) is 119 Å². The minimum Gasteiger partial charge on any atom is -0.481 e. The number of carbonyl (C=O) groups is 12. The van der Waals surface area contributed by atoms with Crippen molar-refractivity contribution >= 4 is 71.6 Å². The van der Waals surface area contributed by atoms with Crippen molar-refractivity contribution in [3.63, 3.8) is 0 Å². The molecule has 0 spiro atoms. The van der Waals surface area contributed by atoms with Crippen LogP contribution in [-0.4, -0.2) is 176 Å². The first-order chi connectivity index (χ1) is 23.1. The Labute approximate surface area is 344 Å². The summed E-state index contributed by atoms with van der Waals surface area (Å²) in [7, 11) is 0. The van der Waals surface area contributed by atoms with Gasteiger partial charge in [0.2, 0.25) is 0 Å². The van der Waals surface area contributed by atoms with Gasteiger partial charge < -0.3 is 81.7 Å². The molecule has 0 aromatic heterocycles. The zero-order chi connectivity index (χ0) is 42.6. The average Bonchev–Trinajstić information content (AvgIpc) is 2.85. The first-order valence-electron chi connectivity index (χ1n) is 12.7. The molecule has 317 valence electrons. The quantitative estimate of drug-likeness (QED) is 0.0543. The largest absolute Gasteiger partial charge is 0.481 e. The van der Waals surface area contributed by atoms with E-state index in [-0.39, 0.29) is 61.3 Å². The van der Waals surface area contributed by atoms with Gasteiger partial charge in [0, 0.05) is 61.3 Å². The molecule has 0 aliphatic heterocycles. The Morgan fingerprint density at radius 2 is 0.309 bits per heavy atom. The summed E-state index contributed by atoms with van der Waals surface area (Å²) in [6.07, 6.45) is -9.15. The Morgan fingerprint density at radius 1 is 0.236 bits per heavy atom. The van der Waals surface area contributed by atoms with Crippen LogP contribution in [0.5, 0.6) is 0 Å². The van der Waals surface area contributed by atoms with Crippen LogP contribution in [0.4, 0.5) is 0 Å². The minimum absolute atomic E-state index is 0. The van der Waals surface area contributed by atoms with E-state index in [0.29, 0.717) is 0 Å². The molecule has 0 heterocycles. The maximum Gasteiger partial charge on any atom is 0.336 e. The fraction of sp³-hybridized carbons (Fsp3) is 0.500. The Bertz CT molecular complexity index is 1130. The number of rotatable bonds is 20. The fourth-order valence-electron chi connectivity index (χ4n) is 2.86. The summed E-state index contributed by atoms with van der Waals surface area (Å²) < 4.78 is 0. The topological polar surface area (TPSA) is 529 Å². The molecule has 3 radical (unpaired) electrons. The smallest absolute Gasteiger partial charge is 0.336 e. The molecule has 16 N–H and O–H groups in total. The van der Waals surface area contributed by atoms with Gasteiger partial charge in [0.15, 0.2) is 22.4 Å². The molecule has 0 atom stereocenters. The van der Waals surface area contributed by atoms with Crippen LogP contribution in [0.25, 0.3) is 0 Å². The Morgan fingerprint density at radius 3 is 0.345 bits per heavy atom. The molecular weight excluding hydrogens is 1290 g/mol. The third-order valence-electron chi connectivity index (χ3n) is 5.14. The molecule has 0 unspecified atom stereocenters. The van der Waals surface area contributed by atoms with E-state index in [9.17, 15) is 57.5 Å². The van der Waals surface area contributed by atoms with Crippen LogP contribution < -0.4 is 0 Å². The number of hydrogen-bond acceptors (Lipinski definition) is 16. The third-order valence-corrected chi connectivity index (χ3v) is 5.14. The zero-order valence-electron chi connectivity index (χ0n) is 26.8. The van der Waals surface area contributed by atoms with Gasteiger partial charge in [-0.1, -0.05) is 0 Å². The molecule has 0 fully saturated rings. The van der Waals surface area contributed by atoms with Crippen LogP contribution in [0.1, 0.15) is 51.4 Å². The van der Waals surface area contributed by atoms with Gasteiger partial charge in [-0.3, -0.25) is 38.4 Å². The van der Waals surface area contributed by atoms with Crippen molar-refractivity contribution in [1.29, 1.82) is 0 Å². The van der Waals surface area contributed by atoms with Gasteiger partial charge >= 0.3 is 71.6 Å². The van der Waals surface area contributed by atoms with E-state index in [1.165, 1.54) is 0 Å².